The Bertz CT molecular complexity index is 782. The summed E-state index contributed by atoms with van der Waals surface area (Å²) in [5.41, 5.74) is 3.40. The van der Waals surface area contributed by atoms with Crippen LogP contribution in [0.15, 0.2) is 53.6 Å². The molecule has 142 valence electrons. The summed E-state index contributed by atoms with van der Waals surface area (Å²) in [6.07, 6.45) is 1.74. The Morgan fingerprint density at radius 3 is 2.52 bits per heavy atom. The number of nitrogens with zero attached hydrogens (tertiary/aromatic N) is 3. The van der Waals surface area contributed by atoms with Crippen molar-refractivity contribution in [1.82, 2.24) is 9.91 Å². The maximum absolute atomic E-state index is 10.7. The summed E-state index contributed by atoms with van der Waals surface area (Å²) in [6, 6.07) is 16.0. The molecule has 1 fully saturated rings. The van der Waals surface area contributed by atoms with Crippen molar-refractivity contribution >= 4 is 12.2 Å². The number of ether oxygens (including phenoxy) is 1. The lowest BCUT2D eigenvalue weighted by atomic mass is 10.1. The first-order chi connectivity index (χ1) is 13.1. The highest BCUT2D eigenvalue weighted by atomic mass is 16.5. The van der Waals surface area contributed by atoms with Gasteiger partial charge in [0.05, 0.1) is 6.21 Å². The Morgan fingerprint density at radius 2 is 1.81 bits per heavy atom. The summed E-state index contributed by atoms with van der Waals surface area (Å²) in [6.45, 7) is 6.35. The third-order valence-corrected chi connectivity index (χ3v) is 4.51. The van der Waals surface area contributed by atoms with Gasteiger partial charge >= 0.3 is 5.97 Å². The zero-order valence-electron chi connectivity index (χ0n) is 15.5. The largest absolute Gasteiger partial charge is 0.481 e. The van der Waals surface area contributed by atoms with E-state index in [2.05, 4.69) is 41.2 Å². The van der Waals surface area contributed by atoms with Crippen LogP contribution in [0.3, 0.4) is 0 Å². The monoisotopic (exact) mass is 367 g/mol. The van der Waals surface area contributed by atoms with E-state index in [-0.39, 0.29) is 6.61 Å². The molecule has 1 N–H and O–H groups in total. The number of rotatable bonds is 7. The van der Waals surface area contributed by atoms with Crippen molar-refractivity contribution in [2.24, 2.45) is 5.10 Å². The summed E-state index contributed by atoms with van der Waals surface area (Å²) < 4.78 is 5.31. The second-order valence-corrected chi connectivity index (χ2v) is 6.68. The number of hydrazone groups is 1. The normalized spacial score (nSPS) is 15.2. The molecule has 0 unspecified atom stereocenters. The standard InChI is InChI=1S/C21H25N3O3/c1-17-6-8-18(9-7-17)15-23-10-12-24(13-11-23)22-14-19-4-2-3-5-20(19)27-16-21(25)26/h2-9,14H,10-13,15-16H2,1H3,(H,25,26)/b22-14+. The Hall–Kier alpha value is -2.86. The van der Waals surface area contributed by atoms with Crippen LogP contribution in [0.2, 0.25) is 0 Å². The third-order valence-electron chi connectivity index (χ3n) is 4.51. The number of para-hydroxylation sites is 1. The zero-order valence-corrected chi connectivity index (χ0v) is 15.5. The molecule has 0 atom stereocenters. The van der Waals surface area contributed by atoms with E-state index in [9.17, 15) is 4.79 Å². The molecule has 1 saturated heterocycles. The average molecular weight is 367 g/mol. The lowest BCUT2D eigenvalue weighted by Crippen LogP contribution is -2.43. The first kappa shape index (κ1) is 18.9. The molecule has 2 aromatic rings. The second kappa shape index (κ2) is 9.19. The van der Waals surface area contributed by atoms with Gasteiger partial charge < -0.3 is 9.84 Å². The fourth-order valence-electron chi connectivity index (χ4n) is 2.96. The smallest absolute Gasteiger partial charge is 0.341 e. The molecule has 0 radical (unpaired) electrons. The maximum atomic E-state index is 10.7. The first-order valence-electron chi connectivity index (χ1n) is 9.10. The predicted molar refractivity (Wildman–Crippen MR) is 105 cm³/mol. The van der Waals surface area contributed by atoms with Crippen LogP contribution in [0, 0.1) is 6.92 Å². The van der Waals surface area contributed by atoms with Gasteiger partial charge in [-0.25, -0.2) is 4.79 Å². The van der Waals surface area contributed by atoms with Crippen molar-refractivity contribution in [1.29, 1.82) is 0 Å². The number of hydrogen-bond acceptors (Lipinski definition) is 5. The van der Waals surface area contributed by atoms with E-state index in [0.29, 0.717) is 5.75 Å². The fraction of sp³-hybridized carbons (Fsp3) is 0.333. The minimum absolute atomic E-state index is 0.359. The van der Waals surface area contributed by atoms with Gasteiger partial charge in [0.15, 0.2) is 6.61 Å². The molecule has 27 heavy (non-hydrogen) atoms. The van der Waals surface area contributed by atoms with Gasteiger partial charge in [0, 0.05) is 38.3 Å². The van der Waals surface area contributed by atoms with Crippen LogP contribution in [0.25, 0.3) is 0 Å². The highest BCUT2D eigenvalue weighted by Crippen LogP contribution is 2.16. The summed E-state index contributed by atoms with van der Waals surface area (Å²) in [4.78, 5) is 13.1. The number of carbonyl (C=O) groups is 1. The van der Waals surface area contributed by atoms with Gasteiger partial charge in [-0.05, 0) is 24.6 Å². The summed E-state index contributed by atoms with van der Waals surface area (Å²) in [7, 11) is 0. The number of carboxylic acids is 1. The second-order valence-electron chi connectivity index (χ2n) is 6.68. The molecule has 6 nitrogen and oxygen atoms in total. The van der Waals surface area contributed by atoms with Gasteiger partial charge in [0.1, 0.15) is 5.75 Å². The van der Waals surface area contributed by atoms with Crippen LogP contribution >= 0.6 is 0 Å². The molecule has 0 saturated carbocycles. The van der Waals surface area contributed by atoms with Gasteiger partial charge in [0.25, 0.3) is 0 Å². The van der Waals surface area contributed by atoms with Crippen molar-refractivity contribution in [2.45, 2.75) is 13.5 Å². The SMILES string of the molecule is Cc1ccc(CN2CCN(/N=C/c3ccccc3OCC(=O)O)CC2)cc1. The zero-order chi connectivity index (χ0) is 19.1. The predicted octanol–water partition coefficient (Wildman–Crippen LogP) is 2.61. The van der Waals surface area contributed by atoms with Gasteiger partial charge in [-0.2, -0.15) is 5.10 Å². The average Bonchev–Trinajstić information content (AvgIpc) is 2.68. The maximum Gasteiger partial charge on any atom is 0.341 e. The van der Waals surface area contributed by atoms with E-state index in [1.807, 2.05) is 23.2 Å². The minimum atomic E-state index is -0.994. The number of carboxylic acid groups (broad SMARTS) is 1. The van der Waals surface area contributed by atoms with Crippen LogP contribution in [0.5, 0.6) is 5.75 Å². The summed E-state index contributed by atoms with van der Waals surface area (Å²) >= 11 is 0. The number of piperazine rings is 1. The van der Waals surface area contributed by atoms with Crippen molar-refractivity contribution < 1.29 is 14.6 Å². The molecule has 1 aliphatic heterocycles. The van der Waals surface area contributed by atoms with E-state index in [1.54, 1.807) is 12.3 Å². The van der Waals surface area contributed by atoms with Crippen molar-refractivity contribution in [3.05, 3.63) is 65.2 Å². The number of hydrogen-bond donors (Lipinski definition) is 1. The molecule has 0 aromatic heterocycles. The van der Waals surface area contributed by atoms with Crippen molar-refractivity contribution in [3.63, 3.8) is 0 Å². The van der Waals surface area contributed by atoms with Crippen LogP contribution in [-0.4, -0.2) is 60.0 Å². The number of aryl methyl sites for hydroxylation is 1. The van der Waals surface area contributed by atoms with Gasteiger partial charge in [-0.3, -0.25) is 9.91 Å². The van der Waals surface area contributed by atoms with Crippen molar-refractivity contribution in [2.75, 3.05) is 32.8 Å². The molecule has 0 bridgehead atoms. The van der Waals surface area contributed by atoms with Crippen molar-refractivity contribution in [3.8, 4) is 5.75 Å². The van der Waals surface area contributed by atoms with E-state index in [0.717, 1.165) is 38.3 Å². The molecule has 1 heterocycles. The molecule has 3 rings (SSSR count). The number of benzene rings is 2. The molecule has 6 heteroatoms. The van der Waals surface area contributed by atoms with Crippen LogP contribution < -0.4 is 4.74 Å². The molecule has 0 amide bonds. The van der Waals surface area contributed by atoms with E-state index < -0.39 is 5.97 Å². The first-order valence-corrected chi connectivity index (χ1v) is 9.10. The Morgan fingerprint density at radius 1 is 1.11 bits per heavy atom. The minimum Gasteiger partial charge on any atom is -0.481 e. The molecule has 1 aliphatic rings. The Kier molecular flexibility index (Phi) is 6.44. The van der Waals surface area contributed by atoms with E-state index in [4.69, 9.17) is 9.84 Å². The number of aliphatic carboxylic acids is 1. The molecular formula is C21H25N3O3. The molecular weight excluding hydrogens is 342 g/mol. The van der Waals surface area contributed by atoms with Crippen LogP contribution in [0.4, 0.5) is 0 Å². The summed E-state index contributed by atoms with van der Waals surface area (Å²) in [5, 5.41) is 15.4. The molecule has 0 aliphatic carbocycles. The third kappa shape index (κ3) is 5.82. The Balaban J connectivity index is 1.51. The van der Waals surface area contributed by atoms with Crippen LogP contribution in [-0.2, 0) is 11.3 Å². The van der Waals surface area contributed by atoms with E-state index >= 15 is 0 Å². The van der Waals surface area contributed by atoms with Gasteiger partial charge in [0.2, 0.25) is 0 Å². The van der Waals surface area contributed by atoms with Crippen LogP contribution in [0.1, 0.15) is 16.7 Å². The summed E-state index contributed by atoms with van der Waals surface area (Å²) in [5.74, 6) is -0.465. The topological polar surface area (TPSA) is 65.4 Å². The molecule has 2 aromatic carbocycles. The highest BCUT2D eigenvalue weighted by Gasteiger charge is 2.15. The Labute approximate surface area is 159 Å². The fourth-order valence-corrected chi connectivity index (χ4v) is 2.96. The van der Waals surface area contributed by atoms with Gasteiger partial charge in [-0.1, -0.05) is 42.0 Å². The van der Waals surface area contributed by atoms with E-state index in [1.165, 1.54) is 11.1 Å². The quantitative estimate of drug-likeness (QED) is 0.762. The van der Waals surface area contributed by atoms with Gasteiger partial charge in [-0.15, -0.1) is 0 Å². The molecule has 0 spiro atoms. The lowest BCUT2D eigenvalue weighted by Gasteiger charge is -2.33. The highest BCUT2D eigenvalue weighted by molar-refractivity contribution is 5.83. The lowest BCUT2D eigenvalue weighted by molar-refractivity contribution is -0.139.